The van der Waals surface area contributed by atoms with Crippen LogP contribution in [-0.4, -0.2) is 22.1 Å². The number of aromatic amines is 1. The molecule has 1 amide bonds. The molecule has 0 unspecified atom stereocenters. The Morgan fingerprint density at radius 1 is 1.55 bits per heavy atom. The fraction of sp³-hybridized carbons (Fsp3) is 0.357. The summed E-state index contributed by atoms with van der Waals surface area (Å²) >= 11 is 1.59. The summed E-state index contributed by atoms with van der Waals surface area (Å²) in [7, 11) is 0. The molecule has 20 heavy (non-hydrogen) atoms. The second kappa shape index (κ2) is 5.58. The largest absolute Gasteiger partial charge is 0.353 e. The lowest BCUT2D eigenvalue weighted by molar-refractivity contribution is -0.121. The van der Waals surface area contributed by atoms with Crippen LogP contribution in [0.2, 0.25) is 0 Å². The normalized spacial score (nSPS) is 17.5. The van der Waals surface area contributed by atoms with E-state index in [2.05, 4.69) is 15.5 Å². The summed E-state index contributed by atoms with van der Waals surface area (Å²) in [5.41, 5.74) is 2.74. The number of nitrogens with zero attached hydrogens (tertiary/aromatic N) is 1. The van der Waals surface area contributed by atoms with Crippen molar-refractivity contribution < 1.29 is 4.79 Å². The van der Waals surface area contributed by atoms with Crippen molar-refractivity contribution in [3.8, 4) is 0 Å². The van der Waals surface area contributed by atoms with Gasteiger partial charge in [0.1, 0.15) is 0 Å². The van der Waals surface area contributed by atoms with E-state index >= 15 is 0 Å². The molecule has 0 bridgehead atoms. The molecule has 0 saturated heterocycles. The summed E-state index contributed by atoms with van der Waals surface area (Å²) in [5, 5.41) is 13.5. The van der Waals surface area contributed by atoms with Gasteiger partial charge in [0.15, 0.2) is 0 Å². The van der Waals surface area contributed by atoms with E-state index in [1.54, 1.807) is 17.4 Å². The number of H-pyrrole nitrogens is 1. The smallest absolute Gasteiger partial charge is 0.264 e. The van der Waals surface area contributed by atoms with Crippen molar-refractivity contribution in [3.63, 3.8) is 0 Å². The highest BCUT2D eigenvalue weighted by molar-refractivity contribution is 7.07. The van der Waals surface area contributed by atoms with E-state index in [1.807, 2.05) is 16.8 Å². The fourth-order valence-corrected chi connectivity index (χ4v) is 3.19. The van der Waals surface area contributed by atoms with E-state index in [0.717, 1.165) is 29.7 Å². The summed E-state index contributed by atoms with van der Waals surface area (Å²) < 4.78 is 0. The molecule has 104 valence electrons. The number of hydrogen-bond donors (Lipinski definition) is 2. The Morgan fingerprint density at radius 2 is 2.45 bits per heavy atom. The number of carbonyl (C=O) groups excluding carboxylic acids is 1. The van der Waals surface area contributed by atoms with Crippen LogP contribution in [0.1, 0.15) is 23.2 Å². The molecule has 2 N–H and O–H groups in total. The first kappa shape index (κ1) is 13.1. The van der Waals surface area contributed by atoms with E-state index in [0.29, 0.717) is 12.8 Å². The van der Waals surface area contributed by atoms with Crippen molar-refractivity contribution in [3.05, 3.63) is 50.1 Å². The highest BCUT2D eigenvalue weighted by atomic mass is 32.1. The number of hydrogen-bond acceptors (Lipinski definition) is 4. The summed E-state index contributed by atoms with van der Waals surface area (Å²) in [4.78, 5) is 23.2. The van der Waals surface area contributed by atoms with E-state index in [9.17, 15) is 9.59 Å². The predicted molar refractivity (Wildman–Crippen MR) is 76.8 cm³/mol. The molecule has 1 aliphatic rings. The lowest BCUT2D eigenvalue weighted by Gasteiger charge is -2.24. The van der Waals surface area contributed by atoms with Crippen molar-refractivity contribution >= 4 is 17.2 Å². The van der Waals surface area contributed by atoms with E-state index in [-0.39, 0.29) is 17.5 Å². The average molecular weight is 289 g/mol. The number of rotatable bonds is 3. The molecule has 1 aliphatic carbocycles. The number of amides is 1. The first-order chi connectivity index (χ1) is 9.70. The molecule has 0 aromatic carbocycles. The summed E-state index contributed by atoms with van der Waals surface area (Å²) in [6.45, 7) is 0. The van der Waals surface area contributed by atoms with Crippen LogP contribution in [0.15, 0.2) is 27.7 Å². The zero-order valence-electron chi connectivity index (χ0n) is 10.9. The van der Waals surface area contributed by atoms with Crippen molar-refractivity contribution in [1.82, 2.24) is 15.5 Å². The molecule has 5 nitrogen and oxygen atoms in total. The van der Waals surface area contributed by atoms with Gasteiger partial charge in [-0.15, -0.1) is 0 Å². The van der Waals surface area contributed by atoms with Gasteiger partial charge in [-0.05, 0) is 47.2 Å². The predicted octanol–water partition coefficient (Wildman–Crippen LogP) is 1.05. The molecule has 0 fully saturated rings. The van der Waals surface area contributed by atoms with Gasteiger partial charge in [0.2, 0.25) is 5.91 Å². The van der Waals surface area contributed by atoms with Crippen molar-refractivity contribution in [1.29, 1.82) is 0 Å². The topological polar surface area (TPSA) is 74.8 Å². The Labute approximate surface area is 120 Å². The molecule has 0 spiro atoms. The van der Waals surface area contributed by atoms with Gasteiger partial charge in [-0.25, -0.2) is 5.10 Å². The van der Waals surface area contributed by atoms with Gasteiger partial charge in [-0.2, -0.15) is 16.4 Å². The van der Waals surface area contributed by atoms with Gasteiger partial charge >= 0.3 is 0 Å². The molecule has 2 aromatic rings. The van der Waals surface area contributed by atoms with Crippen LogP contribution in [-0.2, 0) is 24.1 Å². The molecule has 1 atom stereocenters. The molecular formula is C14H15N3O2S. The second-order valence-corrected chi connectivity index (χ2v) is 5.80. The van der Waals surface area contributed by atoms with Gasteiger partial charge < -0.3 is 5.32 Å². The van der Waals surface area contributed by atoms with Crippen LogP contribution < -0.4 is 10.9 Å². The number of thiophene rings is 1. The van der Waals surface area contributed by atoms with Crippen molar-refractivity contribution in [2.24, 2.45) is 0 Å². The molecule has 2 heterocycles. The van der Waals surface area contributed by atoms with Crippen molar-refractivity contribution in [2.75, 3.05) is 0 Å². The van der Waals surface area contributed by atoms with Crippen LogP contribution in [0.25, 0.3) is 0 Å². The number of aryl methyl sites for hydroxylation is 1. The maximum Gasteiger partial charge on any atom is 0.264 e. The number of nitrogens with one attached hydrogen (secondary N) is 2. The summed E-state index contributed by atoms with van der Waals surface area (Å²) in [6, 6.07) is 3.64. The SMILES string of the molecule is O=C(Cc1ccsc1)N[C@@H]1CCc2n[nH]c(=O)cc2C1. The van der Waals surface area contributed by atoms with Crippen LogP contribution in [0.4, 0.5) is 0 Å². The zero-order valence-corrected chi connectivity index (χ0v) is 11.7. The molecule has 0 radical (unpaired) electrons. The zero-order chi connectivity index (χ0) is 13.9. The average Bonchev–Trinajstić information content (AvgIpc) is 2.91. The second-order valence-electron chi connectivity index (χ2n) is 5.02. The monoisotopic (exact) mass is 289 g/mol. The van der Waals surface area contributed by atoms with Crippen LogP contribution >= 0.6 is 11.3 Å². The van der Waals surface area contributed by atoms with Crippen LogP contribution in [0.3, 0.4) is 0 Å². The molecule has 0 aliphatic heterocycles. The van der Waals surface area contributed by atoms with Crippen LogP contribution in [0.5, 0.6) is 0 Å². The summed E-state index contributed by atoms with van der Waals surface area (Å²) in [6.07, 6.45) is 2.75. The third kappa shape index (κ3) is 2.96. The van der Waals surface area contributed by atoms with E-state index in [4.69, 9.17) is 0 Å². The molecule has 3 rings (SSSR count). The minimum Gasteiger partial charge on any atom is -0.353 e. The minimum atomic E-state index is -0.186. The minimum absolute atomic E-state index is 0.0367. The van der Waals surface area contributed by atoms with Crippen LogP contribution in [0, 0.1) is 0 Å². The van der Waals surface area contributed by atoms with Crippen molar-refractivity contribution in [2.45, 2.75) is 31.7 Å². The number of fused-ring (bicyclic) bond motifs is 1. The highest BCUT2D eigenvalue weighted by Crippen LogP contribution is 2.17. The lowest BCUT2D eigenvalue weighted by atomic mass is 9.92. The quantitative estimate of drug-likeness (QED) is 0.887. The maximum atomic E-state index is 12.0. The number of carbonyl (C=O) groups is 1. The van der Waals surface area contributed by atoms with E-state index in [1.165, 1.54) is 0 Å². The van der Waals surface area contributed by atoms with E-state index < -0.39 is 0 Å². The Bertz CT molecular complexity index is 663. The first-order valence-electron chi connectivity index (χ1n) is 6.58. The molecule has 0 saturated carbocycles. The van der Waals surface area contributed by atoms with Gasteiger partial charge in [-0.1, -0.05) is 0 Å². The highest BCUT2D eigenvalue weighted by Gasteiger charge is 2.21. The Hall–Kier alpha value is -1.95. The fourth-order valence-electron chi connectivity index (χ4n) is 2.52. The molecule has 6 heteroatoms. The number of aromatic nitrogens is 2. The van der Waals surface area contributed by atoms with Gasteiger partial charge in [0.25, 0.3) is 5.56 Å². The molecule has 2 aromatic heterocycles. The van der Waals surface area contributed by atoms with Gasteiger partial charge in [-0.3, -0.25) is 9.59 Å². The third-order valence-corrected chi connectivity index (χ3v) is 4.21. The van der Waals surface area contributed by atoms with Gasteiger partial charge in [0, 0.05) is 12.1 Å². The Balaban J connectivity index is 1.62. The maximum absolute atomic E-state index is 12.0. The molecular weight excluding hydrogens is 274 g/mol. The third-order valence-electron chi connectivity index (χ3n) is 3.48. The standard InChI is InChI=1S/C14H15N3O2S/c18-13(5-9-3-4-20-8-9)15-11-1-2-12-10(6-11)7-14(19)17-16-12/h3-4,7-8,11H,1-2,5-6H2,(H,15,18)(H,17,19)/t11-/m1/s1. The Kier molecular flexibility index (Phi) is 3.64. The Morgan fingerprint density at radius 3 is 3.25 bits per heavy atom. The lowest BCUT2D eigenvalue weighted by Crippen LogP contribution is -2.40. The summed E-state index contributed by atoms with van der Waals surface area (Å²) in [5.74, 6) is 0.0367. The van der Waals surface area contributed by atoms with Gasteiger partial charge in [0.05, 0.1) is 12.1 Å². The first-order valence-corrected chi connectivity index (χ1v) is 7.53.